The lowest BCUT2D eigenvalue weighted by atomic mass is 10.0. The molecule has 1 aliphatic rings. The van der Waals surface area contributed by atoms with Crippen molar-refractivity contribution in [2.24, 2.45) is 0 Å². The number of aromatic nitrogens is 1. The molecule has 5 nitrogen and oxygen atoms in total. The van der Waals surface area contributed by atoms with Crippen molar-refractivity contribution < 1.29 is 4.79 Å². The molecule has 1 amide bonds. The standard InChI is InChI=1S/C17H21N3O2S/c1-12-15(23-17(22)18-12)16(21)19-14-7-9-20(10-8-14)11-13-5-3-2-4-6-13/h2-6,14H,7-11H2,1H3,(H,18,22)(H,19,21). The van der Waals surface area contributed by atoms with Crippen LogP contribution in [-0.2, 0) is 6.54 Å². The van der Waals surface area contributed by atoms with Gasteiger partial charge in [0.15, 0.2) is 0 Å². The number of hydrogen-bond donors (Lipinski definition) is 2. The Morgan fingerprint density at radius 2 is 2.00 bits per heavy atom. The van der Waals surface area contributed by atoms with Crippen molar-refractivity contribution in [3.63, 3.8) is 0 Å². The van der Waals surface area contributed by atoms with Crippen molar-refractivity contribution in [3.8, 4) is 0 Å². The Labute approximate surface area is 139 Å². The topological polar surface area (TPSA) is 65.2 Å². The number of hydrogen-bond acceptors (Lipinski definition) is 4. The zero-order chi connectivity index (χ0) is 16.2. The van der Waals surface area contributed by atoms with Gasteiger partial charge < -0.3 is 10.3 Å². The number of thiazole rings is 1. The van der Waals surface area contributed by atoms with Crippen molar-refractivity contribution in [2.75, 3.05) is 13.1 Å². The second-order valence-electron chi connectivity index (χ2n) is 5.98. The van der Waals surface area contributed by atoms with E-state index in [0.29, 0.717) is 10.6 Å². The number of rotatable bonds is 4. The Kier molecular flexibility index (Phi) is 4.93. The molecule has 0 spiro atoms. The Bertz CT molecular complexity index is 715. The van der Waals surface area contributed by atoms with Crippen LogP contribution in [0.15, 0.2) is 35.1 Å². The third-order valence-electron chi connectivity index (χ3n) is 4.20. The van der Waals surface area contributed by atoms with Gasteiger partial charge in [-0.05, 0) is 25.3 Å². The van der Waals surface area contributed by atoms with Gasteiger partial charge in [-0.15, -0.1) is 0 Å². The van der Waals surface area contributed by atoms with Crippen LogP contribution in [0.3, 0.4) is 0 Å². The molecule has 0 unspecified atom stereocenters. The number of aromatic amines is 1. The second kappa shape index (κ2) is 7.10. The van der Waals surface area contributed by atoms with Crippen LogP contribution in [0.1, 0.15) is 33.8 Å². The molecule has 1 aliphatic heterocycles. The van der Waals surface area contributed by atoms with Crippen LogP contribution in [0.2, 0.25) is 0 Å². The predicted octanol–water partition coefficient (Wildman–Crippen LogP) is 2.14. The summed E-state index contributed by atoms with van der Waals surface area (Å²) in [6, 6.07) is 10.6. The summed E-state index contributed by atoms with van der Waals surface area (Å²) in [4.78, 5) is 28.9. The number of H-pyrrole nitrogens is 1. The minimum atomic E-state index is -0.176. The van der Waals surface area contributed by atoms with Crippen molar-refractivity contribution in [1.82, 2.24) is 15.2 Å². The normalized spacial score (nSPS) is 16.4. The fourth-order valence-electron chi connectivity index (χ4n) is 2.95. The molecule has 2 N–H and O–H groups in total. The number of nitrogens with zero attached hydrogens (tertiary/aromatic N) is 1. The van der Waals surface area contributed by atoms with E-state index in [9.17, 15) is 9.59 Å². The number of likely N-dealkylation sites (tertiary alicyclic amines) is 1. The molecule has 0 atom stereocenters. The van der Waals surface area contributed by atoms with Crippen LogP contribution < -0.4 is 10.2 Å². The summed E-state index contributed by atoms with van der Waals surface area (Å²) >= 11 is 0.980. The van der Waals surface area contributed by atoms with E-state index in [1.54, 1.807) is 6.92 Å². The molecule has 3 rings (SSSR count). The average molecular weight is 331 g/mol. The second-order valence-corrected chi connectivity index (χ2v) is 6.96. The molecule has 2 aromatic rings. The molecule has 1 fully saturated rings. The quantitative estimate of drug-likeness (QED) is 0.902. The number of aryl methyl sites for hydroxylation is 1. The highest BCUT2D eigenvalue weighted by Crippen LogP contribution is 2.15. The Morgan fingerprint density at radius 3 is 2.61 bits per heavy atom. The van der Waals surface area contributed by atoms with E-state index in [2.05, 4.69) is 39.5 Å². The zero-order valence-corrected chi connectivity index (χ0v) is 14.0. The summed E-state index contributed by atoms with van der Waals surface area (Å²) in [6.07, 6.45) is 1.88. The first-order chi connectivity index (χ1) is 11.1. The van der Waals surface area contributed by atoms with Crippen LogP contribution in [0.4, 0.5) is 0 Å². The minimum absolute atomic E-state index is 0.132. The minimum Gasteiger partial charge on any atom is -0.348 e. The Morgan fingerprint density at radius 1 is 1.30 bits per heavy atom. The number of nitrogens with one attached hydrogen (secondary N) is 2. The number of carbonyl (C=O) groups is 1. The molecule has 0 saturated carbocycles. The van der Waals surface area contributed by atoms with Crippen molar-refractivity contribution in [2.45, 2.75) is 32.4 Å². The molecule has 0 aliphatic carbocycles. The zero-order valence-electron chi connectivity index (χ0n) is 13.2. The molecule has 0 radical (unpaired) electrons. The Hall–Kier alpha value is -1.92. The third-order valence-corrected chi connectivity index (χ3v) is 5.19. The van der Waals surface area contributed by atoms with E-state index in [1.165, 1.54) is 5.56 Å². The van der Waals surface area contributed by atoms with Crippen molar-refractivity contribution in [1.29, 1.82) is 0 Å². The van der Waals surface area contributed by atoms with Crippen LogP contribution in [0.5, 0.6) is 0 Å². The highest BCUT2D eigenvalue weighted by molar-refractivity contribution is 7.11. The molecule has 122 valence electrons. The summed E-state index contributed by atoms with van der Waals surface area (Å²) < 4.78 is 0. The van der Waals surface area contributed by atoms with Gasteiger partial charge in [-0.25, -0.2) is 0 Å². The van der Waals surface area contributed by atoms with Gasteiger partial charge in [0.25, 0.3) is 5.91 Å². The molecule has 1 saturated heterocycles. The van der Waals surface area contributed by atoms with Crippen LogP contribution in [0, 0.1) is 6.92 Å². The number of benzene rings is 1. The highest BCUT2D eigenvalue weighted by atomic mass is 32.1. The first kappa shape index (κ1) is 16.0. The summed E-state index contributed by atoms with van der Waals surface area (Å²) in [5.41, 5.74) is 1.97. The molecule has 1 aromatic heterocycles. The van der Waals surface area contributed by atoms with Crippen LogP contribution >= 0.6 is 11.3 Å². The smallest absolute Gasteiger partial charge is 0.305 e. The van der Waals surface area contributed by atoms with Crippen LogP contribution in [0.25, 0.3) is 0 Å². The van der Waals surface area contributed by atoms with E-state index in [0.717, 1.165) is 43.8 Å². The molecule has 2 heterocycles. The lowest BCUT2D eigenvalue weighted by Gasteiger charge is -2.32. The van der Waals surface area contributed by atoms with Gasteiger partial charge in [-0.3, -0.25) is 14.5 Å². The maximum absolute atomic E-state index is 12.2. The maximum atomic E-state index is 12.2. The lowest BCUT2D eigenvalue weighted by Crippen LogP contribution is -2.44. The van der Waals surface area contributed by atoms with Gasteiger partial charge in [-0.2, -0.15) is 0 Å². The summed E-state index contributed by atoms with van der Waals surface area (Å²) in [5.74, 6) is -0.132. The highest BCUT2D eigenvalue weighted by Gasteiger charge is 2.22. The molecule has 1 aromatic carbocycles. The fraction of sp³-hybridized carbons (Fsp3) is 0.412. The molecule has 23 heavy (non-hydrogen) atoms. The SMILES string of the molecule is Cc1[nH]c(=O)sc1C(=O)NC1CCN(Cc2ccccc2)CC1. The largest absolute Gasteiger partial charge is 0.348 e. The van der Waals surface area contributed by atoms with E-state index >= 15 is 0 Å². The molecule has 0 bridgehead atoms. The summed E-state index contributed by atoms with van der Waals surface area (Å²) in [5, 5.41) is 3.06. The maximum Gasteiger partial charge on any atom is 0.305 e. The van der Waals surface area contributed by atoms with E-state index in [1.807, 2.05) is 6.07 Å². The monoisotopic (exact) mass is 331 g/mol. The van der Waals surface area contributed by atoms with E-state index in [4.69, 9.17) is 0 Å². The first-order valence-corrected chi connectivity index (χ1v) is 8.70. The van der Waals surface area contributed by atoms with Gasteiger partial charge in [0.2, 0.25) is 0 Å². The molecule has 6 heteroatoms. The van der Waals surface area contributed by atoms with Gasteiger partial charge in [0.05, 0.1) is 0 Å². The van der Waals surface area contributed by atoms with Gasteiger partial charge in [0.1, 0.15) is 4.88 Å². The first-order valence-electron chi connectivity index (χ1n) is 7.88. The number of amides is 1. The fourth-order valence-corrected chi connectivity index (χ4v) is 3.69. The Balaban J connectivity index is 1.50. The predicted molar refractivity (Wildman–Crippen MR) is 91.9 cm³/mol. The van der Waals surface area contributed by atoms with Gasteiger partial charge in [-0.1, -0.05) is 41.7 Å². The van der Waals surface area contributed by atoms with E-state index in [-0.39, 0.29) is 16.8 Å². The van der Waals surface area contributed by atoms with Gasteiger partial charge >= 0.3 is 4.87 Å². The van der Waals surface area contributed by atoms with Crippen molar-refractivity contribution >= 4 is 17.2 Å². The van der Waals surface area contributed by atoms with Gasteiger partial charge in [0, 0.05) is 31.4 Å². The van der Waals surface area contributed by atoms with Crippen LogP contribution in [-0.4, -0.2) is 34.9 Å². The lowest BCUT2D eigenvalue weighted by molar-refractivity contribution is 0.0912. The third kappa shape index (κ3) is 4.09. The number of piperidine rings is 1. The van der Waals surface area contributed by atoms with Crippen molar-refractivity contribution in [3.05, 3.63) is 56.1 Å². The summed E-state index contributed by atoms with van der Waals surface area (Å²) in [7, 11) is 0. The summed E-state index contributed by atoms with van der Waals surface area (Å²) in [6.45, 7) is 4.67. The van der Waals surface area contributed by atoms with E-state index < -0.39 is 0 Å². The molecular formula is C17H21N3O2S. The number of carbonyl (C=O) groups excluding carboxylic acids is 1. The molecular weight excluding hydrogens is 310 g/mol. The average Bonchev–Trinajstić information content (AvgIpc) is 2.89.